The molecule has 2 aromatic rings. The van der Waals surface area contributed by atoms with Crippen LogP contribution < -0.4 is 11.5 Å². The highest BCUT2D eigenvalue weighted by Gasteiger charge is 2.37. The second-order valence-corrected chi connectivity index (χ2v) is 6.89. The van der Waals surface area contributed by atoms with Crippen molar-refractivity contribution in [2.24, 2.45) is 16.5 Å². The van der Waals surface area contributed by atoms with Gasteiger partial charge in [0.15, 0.2) is 0 Å². The van der Waals surface area contributed by atoms with Crippen molar-refractivity contribution in [1.29, 1.82) is 0 Å². The minimum Gasteiger partial charge on any atom is -0.463 e. The number of hydrogen-bond acceptors (Lipinski definition) is 6. The van der Waals surface area contributed by atoms with Gasteiger partial charge in [-0.1, -0.05) is 35.9 Å². The molecule has 0 spiro atoms. The van der Waals surface area contributed by atoms with Crippen LogP contribution in [0.15, 0.2) is 64.1 Å². The van der Waals surface area contributed by atoms with E-state index in [1.165, 1.54) is 17.5 Å². The van der Waals surface area contributed by atoms with Gasteiger partial charge in [-0.3, -0.25) is 0 Å². The van der Waals surface area contributed by atoms with E-state index < -0.39 is 11.9 Å². The average Bonchev–Trinajstić information content (AvgIpc) is 3.16. The minimum absolute atomic E-state index is 0.246. The average molecular weight is 388 g/mol. The number of nitrogens with two attached hydrogens (primary N) is 2. The highest BCUT2D eigenvalue weighted by molar-refractivity contribution is 7.11. The van der Waals surface area contributed by atoms with Crippen molar-refractivity contribution in [3.05, 3.63) is 74.6 Å². The Morgan fingerprint density at radius 1 is 1.35 bits per heavy atom. The summed E-state index contributed by atoms with van der Waals surface area (Å²) in [5.74, 6) is -0.757. The summed E-state index contributed by atoms with van der Waals surface area (Å²) in [5, 5.41) is 2.43. The highest BCUT2D eigenvalue weighted by atomic mass is 35.5. The smallest absolute Gasteiger partial charge is 0.337 e. The van der Waals surface area contributed by atoms with Crippen molar-refractivity contribution in [2.45, 2.75) is 12.8 Å². The maximum atomic E-state index is 12.9. The zero-order valence-electron chi connectivity index (χ0n) is 14.1. The van der Waals surface area contributed by atoms with Gasteiger partial charge < -0.3 is 16.2 Å². The number of amidine groups is 1. The number of rotatable bonds is 4. The summed E-state index contributed by atoms with van der Waals surface area (Å²) in [6.07, 6.45) is 1.37. The van der Waals surface area contributed by atoms with E-state index in [1.54, 1.807) is 13.0 Å². The van der Waals surface area contributed by atoms with Crippen LogP contribution in [0.4, 0.5) is 0 Å². The lowest BCUT2D eigenvalue weighted by Gasteiger charge is -2.28. The number of ether oxygens (including phenoxy) is 1. The van der Waals surface area contributed by atoms with Gasteiger partial charge >= 0.3 is 5.97 Å². The Hall–Kier alpha value is -2.57. The predicted molar refractivity (Wildman–Crippen MR) is 106 cm³/mol. The number of thiophene rings is 1. The molecule has 0 saturated carbocycles. The fourth-order valence-corrected chi connectivity index (χ4v) is 3.90. The van der Waals surface area contributed by atoms with Gasteiger partial charge in [0.25, 0.3) is 0 Å². The Morgan fingerprint density at radius 2 is 2.12 bits per heavy atom. The van der Waals surface area contributed by atoms with Crippen LogP contribution >= 0.6 is 22.9 Å². The molecule has 0 fully saturated rings. The third kappa shape index (κ3) is 3.25. The number of esters is 1. The summed E-state index contributed by atoms with van der Waals surface area (Å²) in [6, 6.07) is 11.1. The van der Waals surface area contributed by atoms with Gasteiger partial charge in [0.1, 0.15) is 5.84 Å². The van der Waals surface area contributed by atoms with Crippen LogP contribution in [-0.2, 0) is 9.53 Å². The first-order valence-electron chi connectivity index (χ1n) is 8.04. The number of nitrogens with zero attached hydrogens (tertiary/aromatic N) is 1. The van der Waals surface area contributed by atoms with Gasteiger partial charge in [-0.05, 0) is 30.0 Å². The predicted octanol–water partition coefficient (Wildman–Crippen LogP) is 3.67. The molecule has 3 rings (SSSR count). The zero-order valence-corrected chi connectivity index (χ0v) is 15.7. The summed E-state index contributed by atoms with van der Waals surface area (Å²) >= 11 is 7.90. The molecule has 1 aliphatic rings. The Balaban J connectivity index is 2.31. The largest absolute Gasteiger partial charge is 0.463 e. The van der Waals surface area contributed by atoms with Gasteiger partial charge in [0.2, 0.25) is 0 Å². The van der Waals surface area contributed by atoms with Gasteiger partial charge in [-0.15, -0.1) is 11.3 Å². The monoisotopic (exact) mass is 387 g/mol. The lowest BCUT2D eigenvalue weighted by Crippen LogP contribution is -2.30. The van der Waals surface area contributed by atoms with E-state index in [4.69, 9.17) is 27.8 Å². The normalized spacial score (nSPS) is 18.8. The molecule has 2 heterocycles. The van der Waals surface area contributed by atoms with Crippen molar-refractivity contribution in [3.8, 4) is 0 Å². The minimum atomic E-state index is -0.553. The number of carbonyl (C=O) groups excluding carboxylic acids is 1. The first-order valence-corrected chi connectivity index (χ1v) is 9.30. The van der Waals surface area contributed by atoms with Gasteiger partial charge in [-0.2, -0.15) is 0 Å². The number of hydrogen-bond donors (Lipinski definition) is 2. The maximum Gasteiger partial charge on any atom is 0.337 e. The number of halogens is 1. The van der Waals surface area contributed by atoms with E-state index in [9.17, 15) is 4.79 Å². The van der Waals surface area contributed by atoms with Crippen LogP contribution in [0, 0.1) is 0 Å². The Labute approximate surface area is 160 Å². The maximum absolute atomic E-state index is 12.9. The van der Waals surface area contributed by atoms with E-state index in [2.05, 4.69) is 4.99 Å². The Kier molecular flexibility index (Phi) is 5.44. The Morgan fingerprint density at radius 3 is 2.73 bits per heavy atom. The van der Waals surface area contributed by atoms with E-state index in [1.807, 2.05) is 35.7 Å². The molecular weight excluding hydrogens is 370 g/mol. The molecule has 1 aromatic heterocycles. The quantitative estimate of drug-likeness (QED) is 0.783. The van der Waals surface area contributed by atoms with Crippen LogP contribution in [-0.4, -0.2) is 18.4 Å². The van der Waals surface area contributed by atoms with Crippen molar-refractivity contribution >= 4 is 40.4 Å². The van der Waals surface area contributed by atoms with Crippen LogP contribution in [0.2, 0.25) is 5.02 Å². The molecule has 0 saturated heterocycles. The third-order valence-electron chi connectivity index (χ3n) is 4.03. The summed E-state index contributed by atoms with van der Waals surface area (Å²) < 4.78 is 5.32. The topological polar surface area (TPSA) is 90.7 Å². The van der Waals surface area contributed by atoms with Crippen molar-refractivity contribution < 1.29 is 9.53 Å². The van der Waals surface area contributed by atoms with Crippen molar-refractivity contribution in [2.75, 3.05) is 6.61 Å². The molecule has 7 heteroatoms. The number of carbonyl (C=O) groups is 1. The molecule has 134 valence electrons. The second kappa shape index (κ2) is 7.76. The van der Waals surface area contributed by atoms with Crippen LogP contribution in [0.25, 0.3) is 5.70 Å². The van der Waals surface area contributed by atoms with Crippen LogP contribution in [0.3, 0.4) is 0 Å². The van der Waals surface area contributed by atoms with Crippen molar-refractivity contribution in [1.82, 2.24) is 0 Å². The molecule has 1 atom stereocenters. The summed E-state index contributed by atoms with van der Waals surface area (Å²) in [5.41, 5.74) is 14.1. The lowest BCUT2D eigenvalue weighted by atomic mass is 9.81. The van der Waals surface area contributed by atoms with Gasteiger partial charge in [0, 0.05) is 22.7 Å². The molecule has 0 amide bonds. The SMILES string of the molecule is CCOC(=O)C1=C(c2cccs2)N=C(N)/C(=C\N)C1c1ccccc1Cl. The molecule has 0 bridgehead atoms. The molecule has 26 heavy (non-hydrogen) atoms. The fourth-order valence-electron chi connectivity index (χ4n) is 2.92. The second-order valence-electron chi connectivity index (χ2n) is 5.53. The number of benzene rings is 1. The molecule has 0 aliphatic carbocycles. The zero-order chi connectivity index (χ0) is 18.7. The molecule has 1 aromatic carbocycles. The molecule has 5 nitrogen and oxygen atoms in total. The lowest BCUT2D eigenvalue weighted by molar-refractivity contribution is -0.138. The molecular formula is C19H18ClN3O2S. The molecule has 0 radical (unpaired) electrons. The summed E-state index contributed by atoms with van der Waals surface area (Å²) in [6.45, 7) is 2.00. The van der Waals surface area contributed by atoms with E-state index in [0.717, 1.165) is 10.4 Å². The highest BCUT2D eigenvalue weighted by Crippen LogP contribution is 2.43. The van der Waals surface area contributed by atoms with E-state index >= 15 is 0 Å². The number of aliphatic imine (C=N–C) groups is 1. The van der Waals surface area contributed by atoms with Crippen LogP contribution in [0.1, 0.15) is 23.3 Å². The first-order chi connectivity index (χ1) is 12.6. The molecule has 4 N–H and O–H groups in total. The van der Waals surface area contributed by atoms with Gasteiger partial charge in [-0.25, -0.2) is 9.79 Å². The summed E-state index contributed by atoms with van der Waals surface area (Å²) in [7, 11) is 0. The third-order valence-corrected chi connectivity index (χ3v) is 5.25. The molecule has 1 aliphatic heterocycles. The van der Waals surface area contributed by atoms with E-state index in [-0.39, 0.29) is 12.4 Å². The van der Waals surface area contributed by atoms with Gasteiger partial charge in [0.05, 0.1) is 22.8 Å². The van der Waals surface area contributed by atoms with E-state index in [0.29, 0.717) is 21.9 Å². The van der Waals surface area contributed by atoms with Crippen LogP contribution in [0.5, 0.6) is 0 Å². The first kappa shape index (κ1) is 18.2. The fraction of sp³-hybridized carbons (Fsp3) is 0.158. The summed E-state index contributed by atoms with van der Waals surface area (Å²) in [4.78, 5) is 18.2. The molecule has 1 unspecified atom stereocenters. The standard InChI is InChI=1S/C19H18ClN3O2S/c1-2-25-19(24)16-15(11-6-3-4-7-13(11)20)12(10-21)18(22)23-17(16)14-8-5-9-26-14/h3-10,15H,2,21H2,1H3,(H2,22,23)/b12-10-. The Bertz CT molecular complexity index is 917. The van der Waals surface area contributed by atoms with Crippen molar-refractivity contribution in [3.63, 3.8) is 0 Å².